The number of carboxylic acid groups (broad SMARTS) is 3. The zero-order valence-electron chi connectivity index (χ0n) is 13.1. The van der Waals surface area contributed by atoms with E-state index in [4.69, 9.17) is 43.4 Å². The molecule has 0 spiro atoms. The molecule has 0 saturated carbocycles. The average molecular weight is 340 g/mol. The number of unbranched alkanes of at least 4 members (excludes halogenated alkanes) is 1. The molecule has 0 amide bonds. The van der Waals surface area contributed by atoms with Gasteiger partial charge in [-0.2, -0.15) is 0 Å². The number of aliphatic carboxylic acids is 3. The third kappa shape index (κ3) is 22.6. The number of nitrogens with two attached hydrogens (primary N) is 4. The Morgan fingerprint density at radius 3 is 1.43 bits per heavy atom. The molecule has 0 rings (SSSR count). The first-order chi connectivity index (χ1) is 10.5. The second-order valence-corrected chi connectivity index (χ2v) is 4.48. The van der Waals surface area contributed by atoms with Gasteiger partial charge in [0.25, 0.3) is 0 Å². The minimum Gasteiger partial charge on any atom is -0.480 e. The summed E-state index contributed by atoms with van der Waals surface area (Å²) in [5, 5.41) is 32.1. The number of carboxylic acids is 3. The number of aliphatic hydroxyl groups excluding tert-OH is 1. The molecule has 0 aromatic carbocycles. The second kappa shape index (κ2) is 16.6. The first kappa shape index (κ1) is 26.1. The van der Waals surface area contributed by atoms with Gasteiger partial charge in [-0.15, -0.1) is 0 Å². The number of rotatable bonds is 8. The molecule has 0 fully saturated rings. The van der Waals surface area contributed by atoms with Crippen molar-refractivity contribution in [3.05, 3.63) is 0 Å². The largest absolute Gasteiger partial charge is 0.480 e. The minimum atomic E-state index is -1.18. The molecule has 0 aliphatic rings. The van der Waals surface area contributed by atoms with E-state index < -0.39 is 42.6 Å². The highest BCUT2D eigenvalue weighted by atomic mass is 16.4. The van der Waals surface area contributed by atoms with Gasteiger partial charge in [0.05, 0.1) is 6.61 Å². The Labute approximate surface area is 134 Å². The lowest BCUT2D eigenvalue weighted by atomic mass is 10.1. The number of carbonyl (C=O) groups is 3. The van der Waals surface area contributed by atoms with Crippen LogP contribution in [0.25, 0.3) is 0 Å². The summed E-state index contributed by atoms with van der Waals surface area (Å²) in [6.07, 6.45) is 2.16. The molecular formula is C12H28N4O7. The zero-order valence-corrected chi connectivity index (χ0v) is 13.1. The number of aliphatic hydroxyl groups is 1. The van der Waals surface area contributed by atoms with Crippen LogP contribution >= 0.6 is 0 Å². The minimum absolute atomic E-state index is 0.505. The molecule has 23 heavy (non-hydrogen) atoms. The summed E-state index contributed by atoms with van der Waals surface area (Å²) in [6, 6.07) is -2.57. The third-order valence-electron chi connectivity index (χ3n) is 2.19. The van der Waals surface area contributed by atoms with E-state index in [-0.39, 0.29) is 0 Å². The smallest absolute Gasteiger partial charge is 0.322 e. The summed E-state index contributed by atoms with van der Waals surface area (Å²) < 4.78 is 0. The van der Waals surface area contributed by atoms with Crippen LogP contribution in [-0.4, -0.2) is 69.6 Å². The molecule has 3 atom stereocenters. The summed E-state index contributed by atoms with van der Waals surface area (Å²) in [5.74, 6) is -3.07. The maximum atomic E-state index is 10.1. The third-order valence-corrected chi connectivity index (χ3v) is 2.19. The van der Waals surface area contributed by atoms with E-state index in [9.17, 15) is 14.4 Å². The highest BCUT2D eigenvalue weighted by Gasteiger charge is 2.09. The van der Waals surface area contributed by atoms with Gasteiger partial charge >= 0.3 is 17.9 Å². The van der Waals surface area contributed by atoms with Crippen LogP contribution in [0.15, 0.2) is 0 Å². The van der Waals surface area contributed by atoms with E-state index >= 15 is 0 Å². The van der Waals surface area contributed by atoms with E-state index in [1.54, 1.807) is 0 Å². The standard InChI is InChI=1S/C6H14N2O2.C3H7NO3.C3H7NO2/c7-4-2-1-3-5(8)6(9)10;4-2(1-5)3(6)7;1-2(4)3(5)6/h5H,1-4,7-8H2,(H,9,10);2,5H,1,4H2,(H,6,7);2H,4H2,1H3,(H,5,6)/t5-;2*2-/m000/s1. The van der Waals surface area contributed by atoms with Crippen LogP contribution in [0.5, 0.6) is 0 Å². The predicted molar refractivity (Wildman–Crippen MR) is 82.5 cm³/mol. The Kier molecular flexibility index (Phi) is 18.8. The van der Waals surface area contributed by atoms with Gasteiger partial charge < -0.3 is 43.4 Å². The first-order valence-corrected chi connectivity index (χ1v) is 6.77. The van der Waals surface area contributed by atoms with Gasteiger partial charge in [0.1, 0.15) is 18.1 Å². The Balaban J connectivity index is -0.000000272. The molecular weight excluding hydrogens is 312 g/mol. The Morgan fingerprint density at radius 1 is 0.870 bits per heavy atom. The van der Waals surface area contributed by atoms with Crippen molar-refractivity contribution in [2.24, 2.45) is 22.9 Å². The van der Waals surface area contributed by atoms with Gasteiger partial charge in [0, 0.05) is 0 Å². The van der Waals surface area contributed by atoms with Crippen molar-refractivity contribution < 1.29 is 34.8 Å². The lowest BCUT2D eigenvalue weighted by molar-refractivity contribution is -0.140. The van der Waals surface area contributed by atoms with E-state index in [1.807, 2.05) is 0 Å². The Morgan fingerprint density at radius 2 is 1.26 bits per heavy atom. The van der Waals surface area contributed by atoms with Crippen LogP contribution in [0.1, 0.15) is 26.2 Å². The second-order valence-electron chi connectivity index (χ2n) is 4.48. The van der Waals surface area contributed by atoms with Crippen LogP contribution in [0.4, 0.5) is 0 Å². The molecule has 138 valence electrons. The van der Waals surface area contributed by atoms with Gasteiger partial charge in [-0.3, -0.25) is 14.4 Å². The van der Waals surface area contributed by atoms with Gasteiger partial charge in [-0.1, -0.05) is 6.42 Å². The van der Waals surface area contributed by atoms with Crippen molar-refractivity contribution >= 4 is 17.9 Å². The number of hydrogen-bond acceptors (Lipinski definition) is 8. The lowest BCUT2D eigenvalue weighted by Gasteiger charge is -2.03. The van der Waals surface area contributed by atoms with Crippen molar-refractivity contribution in [2.45, 2.75) is 44.3 Å². The summed E-state index contributed by atoms with van der Waals surface area (Å²) in [7, 11) is 0. The quantitative estimate of drug-likeness (QED) is 0.212. The van der Waals surface area contributed by atoms with E-state index in [2.05, 4.69) is 0 Å². The molecule has 11 nitrogen and oxygen atoms in total. The van der Waals surface area contributed by atoms with Crippen LogP contribution in [0.3, 0.4) is 0 Å². The lowest BCUT2D eigenvalue weighted by Crippen LogP contribution is -2.33. The predicted octanol–water partition coefficient (Wildman–Crippen LogP) is -2.66. The molecule has 0 aliphatic carbocycles. The summed E-state index contributed by atoms with van der Waals surface area (Å²) >= 11 is 0. The fourth-order valence-electron chi connectivity index (χ4n) is 0.710. The molecule has 0 bridgehead atoms. The van der Waals surface area contributed by atoms with E-state index in [1.165, 1.54) is 6.92 Å². The van der Waals surface area contributed by atoms with E-state index in [0.717, 1.165) is 12.8 Å². The van der Waals surface area contributed by atoms with Crippen molar-refractivity contribution in [3.8, 4) is 0 Å². The highest BCUT2D eigenvalue weighted by molar-refractivity contribution is 5.73. The van der Waals surface area contributed by atoms with Crippen LogP contribution in [0.2, 0.25) is 0 Å². The van der Waals surface area contributed by atoms with Crippen molar-refractivity contribution in [2.75, 3.05) is 13.2 Å². The Hall–Kier alpha value is -1.79. The molecule has 0 aliphatic heterocycles. The van der Waals surface area contributed by atoms with Crippen LogP contribution in [-0.2, 0) is 14.4 Å². The molecule has 0 unspecified atom stereocenters. The topological polar surface area (TPSA) is 236 Å². The SMILES string of the molecule is C[C@H](N)C(=O)O.NCCCC[C@H](N)C(=O)O.N[C@@H](CO)C(=O)O. The summed E-state index contributed by atoms with van der Waals surface area (Å²) in [6.45, 7) is 1.52. The first-order valence-electron chi connectivity index (χ1n) is 6.77. The fourth-order valence-corrected chi connectivity index (χ4v) is 0.710. The zero-order chi connectivity index (χ0) is 19.0. The molecule has 12 N–H and O–H groups in total. The van der Waals surface area contributed by atoms with Gasteiger partial charge in [-0.25, -0.2) is 0 Å². The molecule has 0 saturated heterocycles. The summed E-state index contributed by atoms with van der Waals surface area (Å²) in [4.78, 5) is 29.4. The van der Waals surface area contributed by atoms with Gasteiger partial charge in [-0.05, 0) is 26.3 Å². The Bertz CT molecular complexity index is 339. The monoisotopic (exact) mass is 340 g/mol. The van der Waals surface area contributed by atoms with Crippen molar-refractivity contribution in [1.82, 2.24) is 0 Å². The van der Waals surface area contributed by atoms with Crippen LogP contribution < -0.4 is 22.9 Å². The average Bonchev–Trinajstić information content (AvgIpc) is 2.47. The molecule has 11 heteroatoms. The molecule has 0 aromatic heterocycles. The summed E-state index contributed by atoms with van der Waals surface area (Å²) in [5.41, 5.74) is 20.0. The maximum absolute atomic E-state index is 10.1. The van der Waals surface area contributed by atoms with Crippen molar-refractivity contribution in [1.29, 1.82) is 0 Å². The maximum Gasteiger partial charge on any atom is 0.322 e. The fraction of sp³-hybridized carbons (Fsp3) is 0.750. The van der Waals surface area contributed by atoms with Crippen molar-refractivity contribution in [3.63, 3.8) is 0 Å². The van der Waals surface area contributed by atoms with Crippen LogP contribution in [0, 0.1) is 0 Å². The van der Waals surface area contributed by atoms with Gasteiger partial charge in [0.15, 0.2) is 0 Å². The normalized spacial score (nSPS) is 13.3. The van der Waals surface area contributed by atoms with E-state index in [0.29, 0.717) is 13.0 Å². The number of hydrogen-bond donors (Lipinski definition) is 8. The molecule has 0 heterocycles. The van der Waals surface area contributed by atoms with Gasteiger partial charge in [0.2, 0.25) is 0 Å². The molecule has 0 aromatic rings. The highest BCUT2D eigenvalue weighted by Crippen LogP contribution is 1.96. The molecule has 0 radical (unpaired) electrons.